The zero-order valence-electron chi connectivity index (χ0n) is 13.9. The minimum atomic E-state index is -4.54. The minimum absolute atomic E-state index is 0.473. The van der Waals surface area contributed by atoms with Crippen LogP contribution in [0.1, 0.15) is 91.4 Å². The van der Waals surface area contributed by atoms with E-state index in [9.17, 15) is 18.3 Å². The highest BCUT2D eigenvalue weighted by Crippen LogP contribution is 2.40. The Hall–Kier alpha value is -0.250. The van der Waals surface area contributed by atoms with Gasteiger partial charge in [0.05, 0.1) is 0 Å². The molecule has 1 N–H and O–H groups in total. The van der Waals surface area contributed by atoms with Crippen LogP contribution in [0.5, 0.6) is 0 Å². The van der Waals surface area contributed by atoms with E-state index < -0.39 is 17.7 Å². The van der Waals surface area contributed by atoms with Crippen molar-refractivity contribution in [1.29, 1.82) is 0 Å². The van der Waals surface area contributed by atoms with Gasteiger partial charge in [-0.2, -0.15) is 13.2 Å². The van der Waals surface area contributed by atoms with E-state index in [4.69, 9.17) is 0 Å². The summed E-state index contributed by atoms with van der Waals surface area (Å²) in [5, 5.41) is 9.94. The molecule has 0 saturated carbocycles. The van der Waals surface area contributed by atoms with Crippen LogP contribution in [0.15, 0.2) is 0 Å². The van der Waals surface area contributed by atoms with Crippen LogP contribution in [0, 0.1) is 5.92 Å². The second-order valence-corrected chi connectivity index (χ2v) is 6.39. The lowest BCUT2D eigenvalue weighted by Crippen LogP contribution is -2.48. The summed E-state index contributed by atoms with van der Waals surface area (Å²) in [5.74, 6) is -0.670. The van der Waals surface area contributed by atoms with E-state index in [-0.39, 0.29) is 0 Å². The van der Waals surface area contributed by atoms with Crippen molar-refractivity contribution in [3.8, 4) is 0 Å². The summed E-state index contributed by atoms with van der Waals surface area (Å²) in [7, 11) is 0. The van der Waals surface area contributed by atoms with E-state index in [1.54, 1.807) is 0 Å². The van der Waals surface area contributed by atoms with Gasteiger partial charge in [-0.25, -0.2) is 0 Å². The largest absolute Gasteiger partial charge is 0.417 e. The fraction of sp³-hybridized carbons (Fsp3) is 1.00. The van der Waals surface area contributed by atoms with Crippen molar-refractivity contribution < 1.29 is 18.3 Å². The minimum Gasteiger partial charge on any atom is -0.380 e. The van der Waals surface area contributed by atoms with Gasteiger partial charge in [-0.1, -0.05) is 71.6 Å². The highest BCUT2D eigenvalue weighted by atomic mass is 19.4. The molecule has 0 aliphatic carbocycles. The zero-order valence-corrected chi connectivity index (χ0v) is 13.9. The smallest absolute Gasteiger partial charge is 0.380 e. The quantitative estimate of drug-likeness (QED) is 0.423. The first-order chi connectivity index (χ1) is 9.77. The molecule has 0 aromatic carbocycles. The summed E-state index contributed by atoms with van der Waals surface area (Å²) in [6, 6.07) is 0. The molecular formula is C17H33F3O. The summed E-state index contributed by atoms with van der Waals surface area (Å²) in [4.78, 5) is 0. The third-order valence-electron chi connectivity index (χ3n) is 4.43. The van der Waals surface area contributed by atoms with Crippen molar-refractivity contribution in [3.05, 3.63) is 0 Å². The molecule has 2 atom stereocenters. The van der Waals surface area contributed by atoms with E-state index >= 15 is 0 Å². The van der Waals surface area contributed by atoms with Crippen molar-refractivity contribution in [3.63, 3.8) is 0 Å². The fourth-order valence-corrected chi connectivity index (χ4v) is 2.75. The Morgan fingerprint density at radius 3 is 1.52 bits per heavy atom. The molecular weight excluding hydrogens is 277 g/mol. The van der Waals surface area contributed by atoms with Crippen LogP contribution in [0.3, 0.4) is 0 Å². The van der Waals surface area contributed by atoms with Gasteiger partial charge in [-0.05, 0) is 25.7 Å². The van der Waals surface area contributed by atoms with Gasteiger partial charge in [0.15, 0.2) is 5.60 Å². The maximum Gasteiger partial charge on any atom is 0.417 e. The lowest BCUT2D eigenvalue weighted by Gasteiger charge is -2.35. The predicted molar refractivity (Wildman–Crippen MR) is 82.3 cm³/mol. The second kappa shape index (κ2) is 10.5. The van der Waals surface area contributed by atoms with E-state index in [1.165, 1.54) is 0 Å². The van der Waals surface area contributed by atoms with Crippen molar-refractivity contribution in [2.45, 2.75) is 103 Å². The van der Waals surface area contributed by atoms with E-state index in [0.717, 1.165) is 64.7 Å². The first-order valence-electron chi connectivity index (χ1n) is 8.56. The van der Waals surface area contributed by atoms with Gasteiger partial charge in [-0.3, -0.25) is 0 Å². The number of aliphatic hydroxyl groups is 1. The Balaban J connectivity index is 4.40. The van der Waals surface area contributed by atoms with Gasteiger partial charge >= 0.3 is 6.18 Å². The highest BCUT2D eigenvalue weighted by Gasteiger charge is 2.53. The molecule has 0 aromatic heterocycles. The lowest BCUT2D eigenvalue weighted by atomic mass is 9.80. The molecule has 0 aliphatic rings. The summed E-state index contributed by atoms with van der Waals surface area (Å²) in [6.45, 7) is 5.14. The average molecular weight is 310 g/mol. The Bertz CT molecular complexity index is 249. The van der Waals surface area contributed by atoms with Gasteiger partial charge < -0.3 is 5.11 Å². The molecule has 0 aliphatic heterocycles. The maximum absolute atomic E-state index is 13.0. The van der Waals surface area contributed by atoms with Crippen molar-refractivity contribution in [2.75, 3.05) is 0 Å². The van der Waals surface area contributed by atoms with Crippen LogP contribution < -0.4 is 0 Å². The van der Waals surface area contributed by atoms with Crippen molar-refractivity contribution in [2.24, 2.45) is 5.92 Å². The number of unbranched alkanes of at least 4 members (excludes halogenated alkanes) is 7. The average Bonchev–Trinajstić information content (AvgIpc) is 2.39. The molecule has 0 amide bonds. The Kier molecular flexibility index (Phi) is 10.3. The summed E-state index contributed by atoms with van der Waals surface area (Å²) in [5.41, 5.74) is -2.55. The summed E-state index contributed by atoms with van der Waals surface area (Å²) in [6.07, 6.45) is 5.35. The molecule has 0 bridgehead atoms. The van der Waals surface area contributed by atoms with Gasteiger partial charge in [0, 0.05) is 0 Å². The lowest BCUT2D eigenvalue weighted by molar-refractivity contribution is -0.273. The van der Waals surface area contributed by atoms with Gasteiger partial charge in [0.25, 0.3) is 0 Å². The summed E-state index contributed by atoms with van der Waals surface area (Å²) >= 11 is 0. The first-order valence-corrected chi connectivity index (χ1v) is 8.56. The molecule has 0 fully saturated rings. The van der Waals surface area contributed by atoms with Gasteiger partial charge in [0.1, 0.15) is 0 Å². The van der Waals surface area contributed by atoms with Crippen LogP contribution in [0.2, 0.25) is 0 Å². The van der Waals surface area contributed by atoms with E-state index in [1.807, 2.05) is 0 Å². The molecule has 1 nitrogen and oxygen atoms in total. The standard InChI is InChI=1S/C17H33F3O/c1-4-6-8-10-12-14-15(13-11-9-7-5-2)16(3,21)17(18,19)20/h15,21H,4-14H2,1-3H3. The molecule has 0 heterocycles. The van der Waals surface area contributed by atoms with Crippen LogP contribution in [0.25, 0.3) is 0 Å². The number of hydrogen-bond acceptors (Lipinski definition) is 1. The van der Waals surface area contributed by atoms with Crippen molar-refractivity contribution >= 4 is 0 Å². The molecule has 0 rings (SSSR count). The molecule has 0 spiro atoms. The normalized spacial score (nSPS) is 16.7. The third-order valence-corrected chi connectivity index (χ3v) is 4.43. The zero-order chi connectivity index (χ0) is 16.4. The molecule has 2 unspecified atom stereocenters. The van der Waals surface area contributed by atoms with E-state index in [2.05, 4.69) is 13.8 Å². The molecule has 128 valence electrons. The molecule has 21 heavy (non-hydrogen) atoms. The predicted octanol–water partition coefficient (Wildman–Crippen LogP) is 6.25. The fourth-order valence-electron chi connectivity index (χ4n) is 2.75. The number of rotatable bonds is 12. The van der Waals surface area contributed by atoms with Crippen LogP contribution >= 0.6 is 0 Å². The van der Waals surface area contributed by atoms with Crippen molar-refractivity contribution in [1.82, 2.24) is 0 Å². The Morgan fingerprint density at radius 2 is 1.14 bits per heavy atom. The highest BCUT2D eigenvalue weighted by molar-refractivity contribution is 4.89. The Morgan fingerprint density at radius 1 is 0.762 bits per heavy atom. The molecule has 4 heteroatoms. The van der Waals surface area contributed by atoms with Gasteiger partial charge in [0.2, 0.25) is 0 Å². The first kappa shape index (κ1) is 20.8. The molecule has 0 radical (unpaired) electrons. The second-order valence-electron chi connectivity index (χ2n) is 6.39. The number of alkyl halides is 3. The summed E-state index contributed by atoms with van der Waals surface area (Å²) < 4.78 is 39.1. The monoisotopic (exact) mass is 310 g/mol. The van der Waals surface area contributed by atoms with Crippen LogP contribution in [0.4, 0.5) is 13.2 Å². The molecule has 0 saturated heterocycles. The maximum atomic E-state index is 13.0. The molecule has 0 aromatic rings. The van der Waals surface area contributed by atoms with Crippen LogP contribution in [-0.2, 0) is 0 Å². The van der Waals surface area contributed by atoms with Gasteiger partial charge in [-0.15, -0.1) is 0 Å². The SMILES string of the molecule is CCCCCCCC(CCCCCC)C(C)(O)C(F)(F)F. The third kappa shape index (κ3) is 8.08. The Labute approximate surface area is 128 Å². The van der Waals surface area contributed by atoms with Crippen LogP contribution in [-0.4, -0.2) is 16.9 Å². The topological polar surface area (TPSA) is 20.2 Å². The number of halogens is 3. The van der Waals surface area contributed by atoms with E-state index in [0.29, 0.717) is 12.8 Å². The number of hydrogen-bond donors (Lipinski definition) is 1.